The second kappa shape index (κ2) is 7.14. The van der Waals surface area contributed by atoms with Crippen LogP contribution in [0.15, 0.2) is 30.3 Å². The predicted octanol–water partition coefficient (Wildman–Crippen LogP) is 1.10. The lowest BCUT2D eigenvalue weighted by atomic mass is 10.2. The van der Waals surface area contributed by atoms with E-state index in [1.807, 2.05) is 36.4 Å². The van der Waals surface area contributed by atoms with Crippen molar-refractivity contribution in [2.75, 3.05) is 13.6 Å². The monoisotopic (exact) mass is 284 g/mol. The second-order valence-electron chi connectivity index (χ2n) is 4.55. The maximum absolute atomic E-state index is 11.8. The summed E-state index contributed by atoms with van der Waals surface area (Å²) in [5.41, 5.74) is 0.890. The maximum Gasteiger partial charge on any atom is 0.224 e. The number of nitriles is 1. The van der Waals surface area contributed by atoms with Gasteiger partial charge in [0, 0.05) is 25.6 Å². The third kappa shape index (κ3) is 4.11. The Morgan fingerprint density at radius 3 is 2.86 bits per heavy atom. The Morgan fingerprint density at radius 2 is 2.14 bits per heavy atom. The van der Waals surface area contributed by atoms with Crippen molar-refractivity contribution >= 4 is 5.91 Å². The zero-order valence-electron chi connectivity index (χ0n) is 11.8. The molecule has 1 aromatic carbocycles. The van der Waals surface area contributed by atoms with Crippen molar-refractivity contribution in [1.82, 2.24) is 25.1 Å². The van der Waals surface area contributed by atoms with Crippen LogP contribution in [0.25, 0.3) is 11.4 Å². The molecular formula is C14H16N6O. The Kier molecular flexibility index (Phi) is 4.99. The molecule has 0 radical (unpaired) electrons. The topological polar surface area (TPSA) is 87.7 Å². The number of carbonyl (C=O) groups is 1. The third-order valence-corrected chi connectivity index (χ3v) is 3.00. The average Bonchev–Trinajstić information content (AvgIpc) is 3.00. The van der Waals surface area contributed by atoms with Crippen molar-refractivity contribution in [3.8, 4) is 17.5 Å². The van der Waals surface area contributed by atoms with Gasteiger partial charge in [0.1, 0.15) is 0 Å². The van der Waals surface area contributed by atoms with E-state index in [4.69, 9.17) is 5.26 Å². The lowest BCUT2D eigenvalue weighted by molar-refractivity contribution is -0.130. The van der Waals surface area contributed by atoms with Crippen molar-refractivity contribution in [2.45, 2.75) is 19.4 Å². The van der Waals surface area contributed by atoms with E-state index in [0.717, 1.165) is 5.56 Å². The molecule has 0 unspecified atom stereocenters. The van der Waals surface area contributed by atoms with Gasteiger partial charge in [0.25, 0.3) is 0 Å². The smallest absolute Gasteiger partial charge is 0.224 e. The normalized spacial score (nSPS) is 10.1. The Labute approximate surface area is 122 Å². The van der Waals surface area contributed by atoms with Gasteiger partial charge in [0.2, 0.25) is 11.7 Å². The zero-order valence-corrected chi connectivity index (χ0v) is 11.8. The quantitative estimate of drug-likeness (QED) is 0.792. The number of benzene rings is 1. The Hall–Kier alpha value is -2.75. The van der Waals surface area contributed by atoms with Gasteiger partial charge in [-0.1, -0.05) is 30.3 Å². The molecule has 1 heterocycles. The first kappa shape index (κ1) is 14.7. The Bertz CT molecular complexity index is 630. The summed E-state index contributed by atoms with van der Waals surface area (Å²) in [6.45, 7) is 0.810. The van der Waals surface area contributed by atoms with Gasteiger partial charge in [-0.25, -0.2) is 0 Å². The van der Waals surface area contributed by atoms with Crippen molar-refractivity contribution in [1.29, 1.82) is 5.26 Å². The Morgan fingerprint density at radius 1 is 1.38 bits per heavy atom. The van der Waals surface area contributed by atoms with Gasteiger partial charge in [-0.2, -0.15) is 10.1 Å². The SMILES string of the molecule is CN(CCC#N)C(=O)CCn1nnc(-c2ccccc2)n1. The standard InChI is InChI=1S/C14H16N6O/c1-19(10-5-9-15)13(21)8-11-20-17-14(16-18-20)12-6-3-2-4-7-12/h2-4,6-7H,5,8,10-11H2,1H3. The fourth-order valence-corrected chi connectivity index (χ4v) is 1.77. The van der Waals surface area contributed by atoms with Gasteiger partial charge in [-0.3, -0.25) is 4.79 Å². The molecule has 0 saturated carbocycles. The fourth-order valence-electron chi connectivity index (χ4n) is 1.77. The first-order chi connectivity index (χ1) is 10.2. The van der Waals surface area contributed by atoms with Crippen LogP contribution in [0.4, 0.5) is 0 Å². The highest BCUT2D eigenvalue weighted by Gasteiger charge is 2.10. The number of hydrogen-bond donors (Lipinski definition) is 0. The molecule has 0 N–H and O–H groups in total. The number of rotatable bonds is 6. The van der Waals surface area contributed by atoms with Crippen LogP contribution in [0.3, 0.4) is 0 Å². The van der Waals surface area contributed by atoms with Crippen LogP contribution in [-0.2, 0) is 11.3 Å². The van der Waals surface area contributed by atoms with E-state index in [9.17, 15) is 4.79 Å². The number of carbonyl (C=O) groups excluding carboxylic acids is 1. The van der Waals surface area contributed by atoms with E-state index in [1.54, 1.807) is 7.05 Å². The van der Waals surface area contributed by atoms with Crippen molar-refractivity contribution in [2.24, 2.45) is 0 Å². The average molecular weight is 284 g/mol. The summed E-state index contributed by atoms with van der Waals surface area (Å²) in [7, 11) is 1.68. The van der Waals surface area contributed by atoms with Gasteiger partial charge >= 0.3 is 0 Å². The van der Waals surface area contributed by atoms with E-state index < -0.39 is 0 Å². The summed E-state index contributed by atoms with van der Waals surface area (Å²) in [6, 6.07) is 11.6. The van der Waals surface area contributed by atoms with Crippen molar-refractivity contribution in [3.05, 3.63) is 30.3 Å². The van der Waals surface area contributed by atoms with Gasteiger partial charge < -0.3 is 4.90 Å². The molecule has 7 nitrogen and oxygen atoms in total. The number of aryl methyl sites for hydroxylation is 1. The summed E-state index contributed by atoms with van der Waals surface area (Å²) >= 11 is 0. The van der Waals surface area contributed by atoms with Crippen LogP contribution >= 0.6 is 0 Å². The highest BCUT2D eigenvalue weighted by molar-refractivity contribution is 5.75. The van der Waals surface area contributed by atoms with Crippen LogP contribution in [0.2, 0.25) is 0 Å². The van der Waals surface area contributed by atoms with Crippen LogP contribution < -0.4 is 0 Å². The van der Waals surface area contributed by atoms with E-state index >= 15 is 0 Å². The molecule has 21 heavy (non-hydrogen) atoms. The zero-order chi connectivity index (χ0) is 15.1. The molecule has 108 valence electrons. The van der Waals surface area contributed by atoms with Crippen LogP contribution in [0.5, 0.6) is 0 Å². The van der Waals surface area contributed by atoms with Gasteiger partial charge in [0.05, 0.1) is 19.0 Å². The maximum atomic E-state index is 11.8. The fraction of sp³-hybridized carbons (Fsp3) is 0.357. The minimum Gasteiger partial charge on any atom is -0.345 e. The van der Waals surface area contributed by atoms with E-state index in [2.05, 4.69) is 15.4 Å². The van der Waals surface area contributed by atoms with Crippen LogP contribution in [0, 0.1) is 11.3 Å². The second-order valence-corrected chi connectivity index (χ2v) is 4.55. The summed E-state index contributed by atoms with van der Waals surface area (Å²) in [5.74, 6) is 0.504. The van der Waals surface area contributed by atoms with Crippen LogP contribution in [0.1, 0.15) is 12.8 Å². The molecular weight excluding hydrogens is 268 g/mol. The molecule has 0 fully saturated rings. The summed E-state index contributed by atoms with van der Waals surface area (Å²) in [5, 5.41) is 20.7. The molecule has 0 saturated heterocycles. The highest BCUT2D eigenvalue weighted by Crippen LogP contribution is 2.11. The van der Waals surface area contributed by atoms with E-state index in [-0.39, 0.29) is 12.3 Å². The minimum atomic E-state index is -0.0381. The molecule has 1 amide bonds. The third-order valence-electron chi connectivity index (χ3n) is 3.00. The number of amides is 1. The lowest BCUT2D eigenvalue weighted by Crippen LogP contribution is -2.28. The molecule has 0 aliphatic heterocycles. The summed E-state index contributed by atoms with van der Waals surface area (Å²) < 4.78 is 0. The molecule has 0 spiro atoms. The van der Waals surface area contributed by atoms with Gasteiger partial charge in [0.15, 0.2) is 0 Å². The molecule has 1 aromatic heterocycles. The largest absolute Gasteiger partial charge is 0.345 e. The lowest BCUT2D eigenvalue weighted by Gasteiger charge is -2.14. The van der Waals surface area contributed by atoms with Gasteiger partial charge in [-0.15, -0.1) is 10.2 Å². The summed E-state index contributed by atoms with van der Waals surface area (Å²) in [4.78, 5) is 14.8. The molecule has 0 bridgehead atoms. The number of nitrogens with zero attached hydrogens (tertiary/aromatic N) is 6. The Balaban J connectivity index is 1.89. The minimum absolute atomic E-state index is 0.0381. The highest BCUT2D eigenvalue weighted by atomic mass is 16.2. The number of hydrogen-bond acceptors (Lipinski definition) is 5. The summed E-state index contributed by atoms with van der Waals surface area (Å²) in [6.07, 6.45) is 0.620. The molecule has 2 rings (SSSR count). The molecule has 0 aliphatic rings. The van der Waals surface area contributed by atoms with E-state index in [0.29, 0.717) is 25.3 Å². The molecule has 0 atom stereocenters. The first-order valence-corrected chi connectivity index (χ1v) is 6.65. The molecule has 2 aromatic rings. The molecule has 0 aliphatic carbocycles. The predicted molar refractivity (Wildman–Crippen MR) is 75.7 cm³/mol. The number of tetrazole rings is 1. The van der Waals surface area contributed by atoms with Crippen LogP contribution in [-0.4, -0.2) is 44.6 Å². The van der Waals surface area contributed by atoms with Crippen molar-refractivity contribution in [3.63, 3.8) is 0 Å². The number of aromatic nitrogens is 4. The van der Waals surface area contributed by atoms with Crippen molar-refractivity contribution < 1.29 is 4.79 Å². The van der Waals surface area contributed by atoms with Gasteiger partial charge in [-0.05, 0) is 5.21 Å². The molecule has 7 heteroatoms. The van der Waals surface area contributed by atoms with E-state index in [1.165, 1.54) is 9.70 Å². The first-order valence-electron chi connectivity index (χ1n) is 6.65.